The lowest BCUT2D eigenvalue weighted by molar-refractivity contribution is -0.121. The summed E-state index contributed by atoms with van der Waals surface area (Å²) in [6, 6.07) is 0.354. The van der Waals surface area contributed by atoms with E-state index in [0.29, 0.717) is 18.6 Å². The second-order valence-corrected chi connectivity index (χ2v) is 6.57. The Hall–Kier alpha value is -0.220. The third-order valence-electron chi connectivity index (χ3n) is 3.92. The first kappa shape index (κ1) is 13.2. The molecule has 1 amide bonds. The number of carbonyl (C=O) groups excluding carboxylic acids is 1. The Morgan fingerprint density at radius 3 is 2.53 bits per heavy atom. The monoisotopic (exact) mass is 257 g/mol. The van der Waals surface area contributed by atoms with Crippen LogP contribution in [0.1, 0.15) is 44.9 Å². The summed E-state index contributed by atoms with van der Waals surface area (Å²) in [4.78, 5) is 12.0. The van der Waals surface area contributed by atoms with Gasteiger partial charge in [0.25, 0.3) is 0 Å². The molecule has 0 spiro atoms. The highest BCUT2D eigenvalue weighted by molar-refractivity contribution is 8.00. The maximum Gasteiger partial charge on any atom is 0.233 e. The summed E-state index contributed by atoms with van der Waals surface area (Å²) in [6.45, 7) is 0.305. The maximum absolute atomic E-state index is 12.0. The molecule has 17 heavy (non-hydrogen) atoms. The van der Waals surface area contributed by atoms with Gasteiger partial charge in [0.2, 0.25) is 5.91 Å². The quantitative estimate of drug-likeness (QED) is 0.812. The average Bonchev–Trinajstić information content (AvgIpc) is 2.40. The van der Waals surface area contributed by atoms with Crippen LogP contribution in [-0.2, 0) is 4.79 Å². The van der Waals surface area contributed by atoms with Crippen molar-refractivity contribution in [3.8, 4) is 0 Å². The molecule has 0 aromatic rings. The fourth-order valence-corrected chi connectivity index (χ4v) is 3.94. The smallest absolute Gasteiger partial charge is 0.233 e. The van der Waals surface area contributed by atoms with E-state index >= 15 is 0 Å². The molecule has 1 heterocycles. The molecule has 1 saturated heterocycles. The second-order valence-electron chi connectivity index (χ2n) is 5.26. The fourth-order valence-electron chi connectivity index (χ4n) is 2.73. The predicted octanol–water partition coefficient (Wildman–Crippen LogP) is 1.94. The Kier molecular flexibility index (Phi) is 5.16. The highest BCUT2D eigenvalue weighted by atomic mass is 32.2. The first-order chi connectivity index (χ1) is 8.29. The Bertz CT molecular complexity index is 246. The summed E-state index contributed by atoms with van der Waals surface area (Å²) in [7, 11) is 0. The first-order valence-electron chi connectivity index (χ1n) is 6.82. The number of aliphatic hydroxyl groups excluding tert-OH is 1. The van der Waals surface area contributed by atoms with Gasteiger partial charge in [-0.15, -0.1) is 11.8 Å². The van der Waals surface area contributed by atoms with Crippen LogP contribution in [0.4, 0.5) is 0 Å². The highest BCUT2D eigenvalue weighted by Crippen LogP contribution is 2.27. The van der Waals surface area contributed by atoms with Gasteiger partial charge in [-0.2, -0.15) is 0 Å². The molecule has 1 aliphatic carbocycles. The van der Waals surface area contributed by atoms with Crippen molar-refractivity contribution in [2.75, 3.05) is 12.4 Å². The molecule has 2 fully saturated rings. The molecule has 2 aliphatic rings. The van der Waals surface area contributed by atoms with Crippen LogP contribution in [0.5, 0.6) is 0 Å². The van der Waals surface area contributed by atoms with Gasteiger partial charge in [-0.1, -0.05) is 6.42 Å². The molecular weight excluding hydrogens is 234 g/mol. The molecule has 1 atom stereocenters. The van der Waals surface area contributed by atoms with Gasteiger partial charge in [-0.05, 0) is 50.2 Å². The van der Waals surface area contributed by atoms with Crippen molar-refractivity contribution >= 4 is 17.7 Å². The van der Waals surface area contributed by atoms with E-state index in [4.69, 9.17) is 5.11 Å². The number of nitrogens with one attached hydrogen (secondary N) is 1. The van der Waals surface area contributed by atoms with Crippen LogP contribution in [0.2, 0.25) is 0 Å². The largest absolute Gasteiger partial charge is 0.396 e. The van der Waals surface area contributed by atoms with Crippen LogP contribution in [-0.4, -0.2) is 34.7 Å². The van der Waals surface area contributed by atoms with Gasteiger partial charge in [0.15, 0.2) is 0 Å². The molecule has 1 unspecified atom stereocenters. The number of aliphatic hydroxyl groups is 1. The predicted molar refractivity (Wildman–Crippen MR) is 71.1 cm³/mol. The lowest BCUT2D eigenvalue weighted by Gasteiger charge is -2.30. The van der Waals surface area contributed by atoms with Gasteiger partial charge >= 0.3 is 0 Å². The number of hydrogen-bond donors (Lipinski definition) is 2. The molecule has 98 valence electrons. The SMILES string of the molecule is O=C(NC1CCC(CO)CC1)C1CCCCS1. The standard InChI is InChI=1S/C13H23NO2S/c15-9-10-4-6-11(7-5-10)14-13(16)12-3-1-2-8-17-12/h10-12,15H,1-9H2,(H,14,16). The summed E-state index contributed by atoms with van der Waals surface area (Å²) >= 11 is 1.81. The summed E-state index contributed by atoms with van der Waals surface area (Å²) in [5.74, 6) is 1.85. The number of amides is 1. The zero-order valence-corrected chi connectivity index (χ0v) is 11.2. The minimum atomic E-state index is 0.194. The van der Waals surface area contributed by atoms with E-state index < -0.39 is 0 Å². The van der Waals surface area contributed by atoms with E-state index in [-0.39, 0.29) is 11.2 Å². The second kappa shape index (κ2) is 6.64. The van der Waals surface area contributed by atoms with Crippen molar-refractivity contribution in [1.82, 2.24) is 5.32 Å². The molecule has 3 nitrogen and oxygen atoms in total. The van der Waals surface area contributed by atoms with Crippen LogP contribution in [0, 0.1) is 5.92 Å². The van der Waals surface area contributed by atoms with Crippen molar-refractivity contribution in [3.63, 3.8) is 0 Å². The fraction of sp³-hybridized carbons (Fsp3) is 0.923. The lowest BCUT2D eigenvalue weighted by Crippen LogP contribution is -2.42. The van der Waals surface area contributed by atoms with E-state index in [1.807, 2.05) is 11.8 Å². The highest BCUT2D eigenvalue weighted by Gasteiger charge is 2.26. The van der Waals surface area contributed by atoms with Crippen LogP contribution < -0.4 is 5.32 Å². The molecular formula is C13H23NO2S. The molecule has 4 heteroatoms. The van der Waals surface area contributed by atoms with Gasteiger partial charge in [0, 0.05) is 12.6 Å². The average molecular weight is 257 g/mol. The zero-order chi connectivity index (χ0) is 12.1. The number of rotatable bonds is 3. The molecule has 2 N–H and O–H groups in total. The topological polar surface area (TPSA) is 49.3 Å². The van der Waals surface area contributed by atoms with Gasteiger partial charge in [-0.3, -0.25) is 4.79 Å². The van der Waals surface area contributed by atoms with Crippen molar-refractivity contribution in [3.05, 3.63) is 0 Å². The Morgan fingerprint density at radius 2 is 1.94 bits per heavy atom. The number of hydrogen-bond acceptors (Lipinski definition) is 3. The van der Waals surface area contributed by atoms with E-state index in [9.17, 15) is 4.79 Å². The lowest BCUT2D eigenvalue weighted by atomic mass is 9.86. The molecule has 0 bridgehead atoms. The molecule has 1 saturated carbocycles. The van der Waals surface area contributed by atoms with Gasteiger partial charge < -0.3 is 10.4 Å². The third-order valence-corrected chi connectivity index (χ3v) is 5.30. The van der Waals surface area contributed by atoms with Crippen molar-refractivity contribution in [1.29, 1.82) is 0 Å². The number of thioether (sulfide) groups is 1. The van der Waals surface area contributed by atoms with Gasteiger partial charge in [0.05, 0.1) is 5.25 Å². The normalized spacial score (nSPS) is 34.3. The maximum atomic E-state index is 12.0. The van der Waals surface area contributed by atoms with Crippen molar-refractivity contribution in [2.24, 2.45) is 5.92 Å². The molecule has 0 radical (unpaired) electrons. The number of carbonyl (C=O) groups is 1. The van der Waals surface area contributed by atoms with Gasteiger partial charge in [-0.25, -0.2) is 0 Å². The Balaban J connectivity index is 1.71. The molecule has 1 aliphatic heterocycles. The van der Waals surface area contributed by atoms with Crippen molar-refractivity contribution < 1.29 is 9.90 Å². The molecule has 0 aromatic carbocycles. The van der Waals surface area contributed by atoms with Gasteiger partial charge in [0.1, 0.15) is 0 Å². The summed E-state index contributed by atoms with van der Waals surface area (Å²) in [5.41, 5.74) is 0. The Labute approximate surface area is 108 Å². The van der Waals surface area contributed by atoms with Crippen LogP contribution in [0.15, 0.2) is 0 Å². The summed E-state index contributed by atoms with van der Waals surface area (Å²) in [5, 5.41) is 12.5. The van der Waals surface area contributed by atoms with Crippen molar-refractivity contribution in [2.45, 2.75) is 56.2 Å². The van der Waals surface area contributed by atoms with Crippen LogP contribution >= 0.6 is 11.8 Å². The summed E-state index contributed by atoms with van der Waals surface area (Å²) < 4.78 is 0. The zero-order valence-electron chi connectivity index (χ0n) is 10.4. The third kappa shape index (κ3) is 3.88. The van der Waals surface area contributed by atoms with E-state index in [1.165, 1.54) is 12.8 Å². The van der Waals surface area contributed by atoms with Crippen LogP contribution in [0.25, 0.3) is 0 Å². The van der Waals surface area contributed by atoms with E-state index in [1.54, 1.807) is 0 Å². The molecule has 0 aromatic heterocycles. The van der Waals surface area contributed by atoms with E-state index in [2.05, 4.69) is 5.32 Å². The summed E-state index contributed by atoms with van der Waals surface area (Å²) in [6.07, 6.45) is 7.68. The van der Waals surface area contributed by atoms with Crippen LogP contribution in [0.3, 0.4) is 0 Å². The molecule has 2 rings (SSSR count). The first-order valence-corrected chi connectivity index (χ1v) is 7.87. The Morgan fingerprint density at radius 1 is 1.18 bits per heavy atom. The van der Waals surface area contributed by atoms with E-state index in [0.717, 1.165) is 37.9 Å². The minimum absolute atomic E-state index is 0.194. The minimum Gasteiger partial charge on any atom is -0.396 e.